The van der Waals surface area contributed by atoms with Crippen LogP contribution in [0.4, 0.5) is 14.7 Å². The van der Waals surface area contributed by atoms with Gasteiger partial charge in [0.25, 0.3) is 0 Å². The minimum absolute atomic E-state index is 0.405. The number of nitrogen functional groups attached to an aromatic ring is 1. The molecule has 1 unspecified atom stereocenters. The average Bonchev–Trinajstić information content (AvgIpc) is 2.70. The minimum atomic E-state index is -3.15. The van der Waals surface area contributed by atoms with Crippen LogP contribution in [0, 0.1) is 11.8 Å². The molecule has 10 heteroatoms. The molecule has 2 rings (SSSR count). The molecule has 1 fully saturated rings. The molecule has 0 aliphatic carbocycles. The predicted octanol–water partition coefficient (Wildman–Crippen LogP) is -1.85. The van der Waals surface area contributed by atoms with Crippen LogP contribution in [0.2, 0.25) is 0 Å². The Bertz CT molecular complexity index is 716. The highest BCUT2D eigenvalue weighted by molar-refractivity contribution is 5.23. The smallest absolute Gasteiger partial charge is 0.354 e. The number of aliphatic hydroxyl groups excluding tert-OH is 1. The lowest BCUT2D eigenvalue weighted by Gasteiger charge is -2.23. The Hall–Kier alpha value is -2.09. The van der Waals surface area contributed by atoms with Gasteiger partial charge in [0.05, 0.1) is 9.30 Å². The molecular formula is C11H12F2N4O4. The molecule has 4 atom stereocenters. The molecule has 21 heavy (non-hydrogen) atoms. The van der Waals surface area contributed by atoms with Crippen molar-refractivity contribution in [2.45, 2.75) is 24.1 Å². The number of aromatic nitrogens is 3. The van der Waals surface area contributed by atoms with Crippen molar-refractivity contribution in [1.29, 1.82) is 0 Å². The second-order valence-corrected chi connectivity index (χ2v) is 4.09. The van der Waals surface area contributed by atoms with Gasteiger partial charge in [-0.05, 0) is 0 Å². The fourth-order valence-electron chi connectivity index (χ4n) is 1.87. The number of alkyl halides is 2. The summed E-state index contributed by atoms with van der Waals surface area (Å²) in [6.07, 6.45) is -5.66. The Balaban J connectivity index is 2.56. The Kier molecular flexibility index (Phi) is 3.44. The van der Waals surface area contributed by atoms with Gasteiger partial charge in [0.15, 0.2) is 6.23 Å². The molecule has 8 nitrogen and oxygen atoms in total. The lowest BCUT2D eigenvalue weighted by molar-refractivity contribution is -0.0547. The highest BCUT2D eigenvalue weighted by Gasteiger charge is 2.57. The number of rotatable bonds is 2. The topological polar surface area (TPSA) is 123 Å². The Labute approximate surface area is 120 Å². The van der Waals surface area contributed by atoms with Gasteiger partial charge in [-0.1, -0.05) is 11.8 Å². The normalized spacial score (nSPS) is 33.8. The molecular weight excluding hydrogens is 290 g/mol. The lowest BCUT2D eigenvalue weighted by Crippen LogP contribution is -2.44. The summed E-state index contributed by atoms with van der Waals surface area (Å²) in [5, 5.41) is 19.3. The summed E-state index contributed by atoms with van der Waals surface area (Å²) in [5.74, 6) is 3.10. The summed E-state index contributed by atoms with van der Waals surface area (Å²) in [4.78, 5) is 18.5. The second-order valence-electron chi connectivity index (χ2n) is 4.09. The van der Waals surface area contributed by atoms with Gasteiger partial charge in [-0.25, -0.2) is 18.6 Å². The van der Waals surface area contributed by atoms with Crippen molar-refractivity contribution in [2.75, 3.05) is 19.0 Å². The highest BCUT2D eigenvalue weighted by atomic mass is 19.1. The van der Waals surface area contributed by atoms with Crippen LogP contribution in [-0.2, 0) is 4.74 Å². The monoisotopic (exact) mass is 304 g/mol. The maximum atomic E-state index is 15.1. The first-order valence-electron chi connectivity index (χ1n) is 6.62. The fourth-order valence-corrected chi connectivity index (χ4v) is 1.87. The third kappa shape index (κ3) is 2.58. The van der Waals surface area contributed by atoms with Gasteiger partial charge in [-0.15, -0.1) is 0 Å². The van der Waals surface area contributed by atoms with Crippen molar-refractivity contribution >= 4 is 5.95 Å². The molecule has 1 saturated heterocycles. The van der Waals surface area contributed by atoms with E-state index < -0.39 is 49.0 Å². The molecule has 0 bridgehead atoms. The van der Waals surface area contributed by atoms with Gasteiger partial charge in [0.2, 0.25) is 11.6 Å². The Morgan fingerprint density at radius 2 is 2.43 bits per heavy atom. The summed E-state index contributed by atoms with van der Waals surface area (Å²) in [5.41, 5.74) is 1.00. The Morgan fingerprint density at radius 3 is 3.00 bits per heavy atom. The molecule has 1 aromatic heterocycles. The molecule has 0 amide bonds. The van der Waals surface area contributed by atoms with Crippen LogP contribution in [0.25, 0.3) is 0 Å². The summed E-state index contributed by atoms with van der Waals surface area (Å²) in [7, 11) is 0. The van der Waals surface area contributed by atoms with E-state index in [4.69, 9.17) is 13.2 Å². The van der Waals surface area contributed by atoms with E-state index in [0.717, 1.165) is 6.33 Å². The quantitative estimate of drug-likeness (QED) is 0.548. The molecule has 0 radical (unpaired) electrons. The van der Waals surface area contributed by atoms with Crippen LogP contribution in [0.5, 0.6) is 0 Å². The number of halogens is 2. The van der Waals surface area contributed by atoms with E-state index in [-0.39, 0.29) is 0 Å². The van der Waals surface area contributed by atoms with Crippen LogP contribution >= 0.6 is 0 Å². The molecule has 2 heterocycles. The van der Waals surface area contributed by atoms with E-state index in [1.165, 1.54) is 0 Å². The average molecular weight is 304 g/mol. The third-order valence-corrected chi connectivity index (χ3v) is 2.82. The van der Waals surface area contributed by atoms with E-state index in [9.17, 15) is 19.4 Å². The van der Waals surface area contributed by atoms with E-state index in [2.05, 4.69) is 9.97 Å². The molecule has 1 aliphatic heterocycles. The van der Waals surface area contributed by atoms with Crippen LogP contribution in [0.3, 0.4) is 0 Å². The summed E-state index contributed by atoms with van der Waals surface area (Å²) in [6.45, 7) is -4.41. The summed E-state index contributed by atoms with van der Waals surface area (Å²) in [6, 6.07) is 0. The number of ether oxygens (including phenoxy) is 1. The van der Waals surface area contributed by atoms with Crippen molar-refractivity contribution in [1.82, 2.24) is 14.5 Å². The Morgan fingerprint density at radius 1 is 1.71 bits per heavy atom. The zero-order valence-corrected chi connectivity index (χ0v) is 10.4. The van der Waals surface area contributed by atoms with Crippen LogP contribution in [0.1, 0.15) is 8.97 Å². The van der Waals surface area contributed by atoms with E-state index >= 15 is 4.39 Å². The summed E-state index contributed by atoms with van der Waals surface area (Å²) >= 11 is 0. The van der Waals surface area contributed by atoms with Crippen molar-refractivity contribution < 1.29 is 26.5 Å². The fraction of sp³-hybridized carbons (Fsp3) is 0.545. The van der Waals surface area contributed by atoms with Gasteiger partial charge < -0.3 is 20.7 Å². The number of nitrogens with two attached hydrogens (primary N) is 1. The van der Waals surface area contributed by atoms with Crippen molar-refractivity contribution in [3.8, 4) is 11.8 Å². The maximum absolute atomic E-state index is 15.1. The largest absolute Gasteiger partial charge is 0.394 e. The molecule has 0 saturated carbocycles. The van der Waals surface area contributed by atoms with Crippen molar-refractivity contribution in [3.63, 3.8) is 0 Å². The van der Waals surface area contributed by atoms with Gasteiger partial charge in [-0.2, -0.15) is 4.98 Å². The molecule has 114 valence electrons. The maximum Gasteiger partial charge on any atom is 0.354 e. The van der Waals surface area contributed by atoms with Crippen LogP contribution in [0.15, 0.2) is 11.1 Å². The third-order valence-electron chi connectivity index (χ3n) is 2.82. The number of hydrogen-bond donors (Lipinski definition) is 3. The van der Waals surface area contributed by atoms with E-state index in [1.807, 2.05) is 0 Å². The minimum Gasteiger partial charge on any atom is -0.394 e. The molecule has 1 aromatic rings. The van der Waals surface area contributed by atoms with Crippen molar-refractivity contribution in [2.24, 2.45) is 0 Å². The van der Waals surface area contributed by atoms with Gasteiger partial charge >= 0.3 is 5.69 Å². The lowest BCUT2D eigenvalue weighted by atomic mass is 9.96. The molecule has 4 N–H and O–H groups in total. The number of anilines is 1. The summed E-state index contributed by atoms with van der Waals surface area (Å²) < 4.78 is 47.0. The van der Waals surface area contributed by atoms with Crippen LogP contribution in [-0.4, -0.2) is 55.9 Å². The van der Waals surface area contributed by atoms with Crippen LogP contribution < -0.4 is 11.4 Å². The standard InChI is InChI=1S/C11H12F2N4O4/c12-3-1-2-11(13)7(19)6(4-18)21-8(11)17-5-15-9(14)16-10(17)20/h5-8,18-19H,3-4H2,(H2,14,16,20)/t6-,7+,8-,11?/m1/s1/i4D2. The second kappa shape index (κ2) is 5.72. The zero-order valence-electron chi connectivity index (χ0n) is 12.4. The molecule has 0 aromatic carbocycles. The number of hydrogen-bond acceptors (Lipinski definition) is 7. The first-order chi connectivity index (χ1) is 10.6. The number of nitrogens with zero attached hydrogens (tertiary/aromatic N) is 3. The first kappa shape index (κ1) is 12.6. The van der Waals surface area contributed by atoms with Gasteiger partial charge in [-0.3, -0.25) is 4.57 Å². The molecule has 0 spiro atoms. The van der Waals surface area contributed by atoms with Gasteiger partial charge in [0.1, 0.15) is 25.2 Å². The van der Waals surface area contributed by atoms with Gasteiger partial charge in [0, 0.05) is 0 Å². The SMILES string of the molecule is [2H]C([2H])(O)[C@H]1O[C@@H](n2cnc(N)nc2=O)C(F)(C#CCF)[C@H]1O. The zero-order chi connectivity index (χ0) is 17.4. The first-order valence-corrected chi connectivity index (χ1v) is 5.62. The van der Waals surface area contributed by atoms with E-state index in [0.29, 0.717) is 4.57 Å². The molecule has 1 aliphatic rings. The van der Waals surface area contributed by atoms with Crippen molar-refractivity contribution in [3.05, 3.63) is 16.8 Å². The predicted molar refractivity (Wildman–Crippen MR) is 65.3 cm³/mol. The number of aliphatic hydroxyl groups is 2. The van der Waals surface area contributed by atoms with E-state index in [1.54, 1.807) is 11.8 Å². The highest BCUT2D eigenvalue weighted by Crippen LogP contribution is 2.40.